The number of nitrogens with zero attached hydrogens (tertiary/aromatic N) is 1. The third kappa shape index (κ3) is 2.39. The van der Waals surface area contributed by atoms with Crippen LogP contribution in [0, 0.1) is 5.92 Å². The van der Waals surface area contributed by atoms with Gasteiger partial charge in [-0.1, -0.05) is 51.1 Å². The molecule has 2 heterocycles. The SMILES string of the molecule is CC(C)C(C)c1ccnc(-c2cccc3c2oc2ccccc23)c1. The Balaban J connectivity index is 1.92. The second kappa shape index (κ2) is 5.79. The van der Waals surface area contributed by atoms with Gasteiger partial charge in [0.25, 0.3) is 0 Å². The van der Waals surface area contributed by atoms with E-state index in [1.165, 1.54) is 5.56 Å². The molecule has 0 bridgehead atoms. The van der Waals surface area contributed by atoms with E-state index in [2.05, 4.69) is 62.2 Å². The maximum Gasteiger partial charge on any atom is 0.144 e. The zero-order valence-corrected chi connectivity index (χ0v) is 14.3. The molecule has 2 nitrogen and oxygen atoms in total. The average molecular weight is 315 g/mol. The first-order valence-corrected chi connectivity index (χ1v) is 8.51. The molecule has 4 aromatic rings. The molecule has 1 unspecified atom stereocenters. The first kappa shape index (κ1) is 14.9. The predicted molar refractivity (Wildman–Crippen MR) is 100 cm³/mol. The highest BCUT2D eigenvalue weighted by Crippen LogP contribution is 2.35. The van der Waals surface area contributed by atoms with Crippen molar-refractivity contribution < 1.29 is 4.42 Å². The summed E-state index contributed by atoms with van der Waals surface area (Å²) in [5, 5.41) is 2.30. The van der Waals surface area contributed by atoms with Crippen LogP contribution in [0.5, 0.6) is 0 Å². The van der Waals surface area contributed by atoms with Gasteiger partial charge in [-0.05, 0) is 41.7 Å². The standard InChI is InChI=1S/C22H21NO/c1-14(2)15(3)16-11-12-23-20(13-16)19-9-6-8-18-17-7-4-5-10-21(17)24-22(18)19/h4-15H,1-3H3. The molecule has 1 atom stereocenters. The lowest BCUT2D eigenvalue weighted by Gasteiger charge is -2.16. The van der Waals surface area contributed by atoms with Crippen molar-refractivity contribution in [1.29, 1.82) is 0 Å². The molecule has 2 heteroatoms. The van der Waals surface area contributed by atoms with Crippen LogP contribution >= 0.6 is 0 Å². The summed E-state index contributed by atoms with van der Waals surface area (Å²) >= 11 is 0. The minimum Gasteiger partial charge on any atom is -0.455 e. The summed E-state index contributed by atoms with van der Waals surface area (Å²) in [6, 6.07) is 18.8. The fourth-order valence-corrected chi connectivity index (χ4v) is 3.21. The third-order valence-corrected chi connectivity index (χ3v) is 4.99. The Bertz CT molecular complexity index is 1010. The Morgan fingerprint density at radius 3 is 2.50 bits per heavy atom. The van der Waals surface area contributed by atoms with Crippen LogP contribution in [0.4, 0.5) is 0 Å². The molecule has 0 saturated heterocycles. The molecular formula is C22H21NO. The maximum atomic E-state index is 6.15. The molecule has 0 amide bonds. The number of aromatic nitrogens is 1. The Morgan fingerprint density at radius 2 is 1.67 bits per heavy atom. The first-order valence-electron chi connectivity index (χ1n) is 8.51. The maximum absolute atomic E-state index is 6.15. The van der Waals surface area contributed by atoms with Crippen LogP contribution in [-0.4, -0.2) is 4.98 Å². The van der Waals surface area contributed by atoms with Gasteiger partial charge in [0.2, 0.25) is 0 Å². The molecule has 4 rings (SSSR count). The fraction of sp³-hybridized carbons (Fsp3) is 0.227. The van der Waals surface area contributed by atoms with E-state index in [0.717, 1.165) is 33.2 Å². The summed E-state index contributed by atoms with van der Waals surface area (Å²) in [6.07, 6.45) is 1.91. The van der Waals surface area contributed by atoms with Gasteiger partial charge in [-0.3, -0.25) is 4.98 Å². The number of rotatable bonds is 3. The van der Waals surface area contributed by atoms with Gasteiger partial charge < -0.3 is 4.42 Å². The lowest BCUT2D eigenvalue weighted by atomic mass is 9.90. The van der Waals surface area contributed by atoms with Gasteiger partial charge in [-0.25, -0.2) is 0 Å². The van der Waals surface area contributed by atoms with Crippen LogP contribution in [0.1, 0.15) is 32.3 Å². The van der Waals surface area contributed by atoms with E-state index < -0.39 is 0 Å². The zero-order valence-electron chi connectivity index (χ0n) is 14.3. The average Bonchev–Trinajstić information content (AvgIpc) is 3.00. The highest BCUT2D eigenvalue weighted by atomic mass is 16.3. The minimum absolute atomic E-state index is 0.502. The van der Waals surface area contributed by atoms with E-state index >= 15 is 0 Å². The summed E-state index contributed by atoms with van der Waals surface area (Å²) in [7, 11) is 0. The molecule has 0 radical (unpaired) electrons. The second-order valence-electron chi connectivity index (χ2n) is 6.79. The lowest BCUT2D eigenvalue weighted by Crippen LogP contribution is -2.02. The summed E-state index contributed by atoms with van der Waals surface area (Å²) in [5.41, 5.74) is 5.20. The lowest BCUT2D eigenvalue weighted by molar-refractivity contribution is 0.535. The molecule has 0 aliphatic rings. The molecular weight excluding hydrogens is 294 g/mol. The smallest absolute Gasteiger partial charge is 0.144 e. The van der Waals surface area contributed by atoms with Crippen LogP contribution in [0.15, 0.2) is 65.2 Å². The monoisotopic (exact) mass is 315 g/mol. The summed E-state index contributed by atoms with van der Waals surface area (Å²) in [4.78, 5) is 4.61. The number of pyridine rings is 1. The van der Waals surface area contributed by atoms with Crippen molar-refractivity contribution in [2.45, 2.75) is 26.7 Å². The van der Waals surface area contributed by atoms with E-state index in [4.69, 9.17) is 4.42 Å². The van der Waals surface area contributed by atoms with Gasteiger partial charge in [0.15, 0.2) is 0 Å². The topological polar surface area (TPSA) is 26.0 Å². The highest BCUT2D eigenvalue weighted by Gasteiger charge is 2.15. The van der Waals surface area contributed by atoms with Crippen molar-refractivity contribution in [1.82, 2.24) is 4.98 Å². The Morgan fingerprint density at radius 1 is 0.875 bits per heavy atom. The van der Waals surface area contributed by atoms with Crippen molar-refractivity contribution >= 4 is 21.9 Å². The third-order valence-electron chi connectivity index (χ3n) is 4.99. The van der Waals surface area contributed by atoms with Crippen LogP contribution in [0.2, 0.25) is 0 Å². The van der Waals surface area contributed by atoms with Crippen LogP contribution in [-0.2, 0) is 0 Å². The van der Waals surface area contributed by atoms with Crippen molar-refractivity contribution in [2.75, 3.05) is 0 Å². The van der Waals surface area contributed by atoms with Gasteiger partial charge in [-0.2, -0.15) is 0 Å². The van der Waals surface area contributed by atoms with Gasteiger partial charge in [-0.15, -0.1) is 0 Å². The molecule has 2 aromatic carbocycles. The van der Waals surface area contributed by atoms with Crippen molar-refractivity contribution in [3.8, 4) is 11.3 Å². The normalized spacial score (nSPS) is 13.0. The number of benzene rings is 2. The van der Waals surface area contributed by atoms with Gasteiger partial charge in [0, 0.05) is 22.5 Å². The van der Waals surface area contributed by atoms with Crippen molar-refractivity contribution in [2.24, 2.45) is 5.92 Å². The number of hydrogen-bond donors (Lipinski definition) is 0. The molecule has 0 N–H and O–H groups in total. The Hall–Kier alpha value is -2.61. The molecule has 0 saturated carbocycles. The van der Waals surface area contributed by atoms with E-state index in [1.807, 2.05) is 24.4 Å². The summed E-state index contributed by atoms with van der Waals surface area (Å²) < 4.78 is 6.15. The molecule has 24 heavy (non-hydrogen) atoms. The van der Waals surface area contributed by atoms with Gasteiger partial charge in [0.05, 0.1) is 5.69 Å². The highest BCUT2D eigenvalue weighted by molar-refractivity contribution is 6.09. The van der Waals surface area contributed by atoms with Crippen LogP contribution < -0.4 is 0 Å². The molecule has 0 aliphatic heterocycles. The summed E-state index contributed by atoms with van der Waals surface area (Å²) in [5.74, 6) is 1.10. The molecule has 0 spiro atoms. The largest absolute Gasteiger partial charge is 0.455 e. The number of fused-ring (bicyclic) bond motifs is 3. The first-order chi connectivity index (χ1) is 11.6. The molecule has 0 aliphatic carbocycles. The van der Waals surface area contributed by atoms with E-state index in [9.17, 15) is 0 Å². The van der Waals surface area contributed by atoms with E-state index in [-0.39, 0.29) is 0 Å². The number of hydrogen-bond acceptors (Lipinski definition) is 2. The van der Waals surface area contributed by atoms with Gasteiger partial charge >= 0.3 is 0 Å². The molecule has 120 valence electrons. The second-order valence-corrected chi connectivity index (χ2v) is 6.79. The molecule has 2 aromatic heterocycles. The van der Waals surface area contributed by atoms with E-state index in [0.29, 0.717) is 11.8 Å². The van der Waals surface area contributed by atoms with Crippen LogP contribution in [0.3, 0.4) is 0 Å². The number of furan rings is 1. The zero-order chi connectivity index (χ0) is 16.7. The Kier molecular flexibility index (Phi) is 3.61. The summed E-state index contributed by atoms with van der Waals surface area (Å²) in [6.45, 7) is 6.78. The van der Waals surface area contributed by atoms with Crippen LogP contribution in [0.25, 0.3) is 33.2 Å². The van der Waals surface area contributed by atoms with E-state index in [1.54, 1.807) is 0 Å². The predicted octanol–water partition coefficient (Wildman–Crippen LogP) is 6.41. The van der Waals surface area contributed by atoms with Crippen molar-refractivity contribution in [3.63, 3.8) is 0 Å². The van der Waals surface area contributed by atoms with Crippen molar-refractivity contribution in [3.05, 3.63) is 66.4 Å². The quantitative estimate of drug-likeness (QED) is 0.437. The fourth-order valence-electron chi connectivity index (χ4n) is 3.21. The minimum atomic E-state index is 0.502. The number of para-hydroxylation sites is 2. The molecule has 0 fully saturated rings. The Labute approximate surface area is 142 Å². The van der Waals surface area contributed by atoms with Gasteiger partial charge in [0.1, 0.15) is 11.2 Å².